The Bertz CT molecular complexity index is 2760. The number of imidazole rings is 1. The zero-order valence-corrected chi connectivity index (χ0v) is 29.8. The third kappa shape index (κ3) is 5.27. The Hall–Kier alpha value is -7.18. The summed E-state index contributed by atoms with van der Waals surface area (Å²) in [4.78, 5) is 14.4. The van der Waals surface area contributed by atoms with Crippen LogP contribution in [0.4, 0.5) is 23.0 Å². The average molecular weight is 697 g/mol. The molecule has 6 aromatic carbocycles. The highest BCUT2D eigenvalue weighted by Crippen LogP contribution is 2.45. The Kier molecular flexibility index (Phi) is 7.65. The van der Waals surface area contributed by atoms with Crippen molar-refractivity contribution in [3.8, 4) is 5.82 Å². The van der Waals surface area contributed by atoms with Crippen LogP contribution in [-0.2, 0) is 7.05 Å². The maximum absolute atomic E-state index is 4.91. The number of nitrogens with zero attached hydrogens (tertiary/aromatic N) is 6. The molecular formula is C48H36N6. The Morgan fingerprint density at radius 1 is 0.481 bits per heavy atom. The van der Waals surface area contributed by atoms with Gasteiger partial charge in [-0.15, -0.1) is 0 Å². The fraction of sp³-hybridized carbons (Fsp3) is 0.0417. The van der Waals surface area contributed by atoms with Crippen LogP contribution in [-0.4, -0.2) is 25.8 Å². The molecule has 0 atom stereocenters. The molecule has 0 amide bonds. The minimum atomic E-state index is 0.652. The van der Waals surface area contributed by atoms with E-state index in [1.807, 2.05) is 18.6 Å². The fourth-order valence-electron chi connectivity index (χ4n) is 8.01. The van der Waals surface area contributed by atoms with Crippen LogP contribution in [0.2, 0.25) is 0 Å². The number of para-hydroxylation sites is 2. The van der Waals surface area contributed by atoms with Crippen LogP contribution in [0.25, 0.3) is 38.8 Å². The second kappa shape index (κ2) is 13.1. The summed E-state index contributed by atoms with van der Waals surface area (Å²) in [5, 5.41) is 2.39. The molecule has 0 saturated heterocycles. The summed E-state index contributed by atoms with van der Waals surface area (Å²) in [6.07, 6.45) is 3.77. The van der Waals surface area contributed by atoms with Crippen LogP contribution in [0.1, 0.15) is 22.3 Å². The van der Waals surface area contributed by atoms with Crippen molar-refractivity contribution in [2.75, 3.05) is 16.5 Å². The molecule has 0 unspecified atom stereocenters. The molecule has 1 aliphatic heterocycles. The van der Waals surface area contributed by atoms with Crippen LogP contribution in [0.15, 0.2) is 188 Å². The Morgan fingerprint density at radius 3 is 1.83 bits per heavy atom. The number of pyridine rings is 1. The molecule has 54 heavy (non-hydrogen) atoms. The lowest BCUT2D eigenvalue weighted by atomic mass is 9.85. The van der Waals surface area contributed by atoms with Gasteiger partial charge in [0, 0.05) is 35.4 Å². The highest BCUT2D eigenvalue weighted by atomic mass is 15.5. The van der Waals surface area contributed by atoms with Crippen LogP contribution in [0.5, 0.6) is 0 Å². The first-order valence-corrected chi connectivity index (χ1v) is 18.2. The minimum absolute atomic E-state index is 0.652. The van der Waals surface area contributed by atoms with Gasteiger partial charge in [0.2, 0.25) is 0 Å². The van der Waals surface area contributed by atoms with E-state index in [4.69, 9.17) is 9.97 Å². The topological polar surface area (TPSA) is 42.1 Å². The minimum Gasteiger partial charge on any atom is -0.318 e. The predicted octanol–water partition coefficient (Wildman–Crippen LogP) is 11.2. The van der Waals surface area contributed by atoms with E-state index in [2.05, 4.69) is 196 Å². The smallest absolute Gasteiger partial charge is 0.178 e. The number of rotatable bonds is 7. The highest BCUT2D eigenvalue weighted by molar-refractivity contribution is 6.12. The number of fused-ring (bicyclic) bond motifs is 4. The summed E-state index contributed by atoms with van der Waals surface area (Å²) < 4.78 is 4.40. The molecule has 6 nitrogen and oxygen atoms in total. The van der Waals surface area contributed by atoms with Gasteiger partial charge in [0.25, 0.3) is 0 Å². The number of anilines is 4. The van der Waals surface area contributed by atoms with Crippen molar-refractivity contribution in [3.63, 3.8) is 0 Å². The maximum atomic E-state index is 4.91. The lowest BCUT2D eigenvalue weighted by molar-refractivity contribution is 0.862. The molecule has 0 aliphatic carbocycles. The van der Waals surface area contributed by atoms with E-state index in [-0.39, 0.29) is 0 Å². The Balaban J connectivity index is 1.22. The van der Waals surface area contributed by atoms with Gasteiger partial charge in [0.05, 0.1) is 17.4 Å². The summed E-state index contributed by atoms with van der Waals surface area (Å²) in [6.45, 7) is 0.652. The van der Waals surface area contributed by atoms with Crippen LogP contribution < -0.4 is 9.80 Å². The molecule has 6 heteroatoms. The van der Waals surface area contributed by atoms with Gasteiger partial charge >= 0.3 is 0 Å². The van der Waals surface area contributed by atoms with Gasteiger partial charge in [-0.05, 0) is 81.9 Å². The molecule has 0 saturated carbocycles. The number of hydrogen-bond donors (Lipinski definition) is 0. The highest BCUT2D eigenvalue weighted by Gasteiger charge is 2.32. The van der Waals surface area contributed by atoms with Gasteiger partial charge < -0.3 is 14.4 Å². The third-order valence-electron chi connectivity index (χ3n) is 10.4. The van der Waals surface area contributed by atoms with E-state index >= 15 is 0 Å². The zero-order valence-electron chi connectivity index (χ0n) is 29.8. The quantitative estimate of drug-likeness (QED) is 0.156. The van der Waals surface area contributed by atoms with Gasteiger partial charge in [0.15, 0.2) is 11.6 Å². The standard InChI is InChI=1S/C48H36N6/c1-51-32-50-47-48(51)53(38-21-9-4-10-22-38)33-52(47)39-23-15-20-36(30-39)46(45(34-16-5-2-6-17-34)35-18-7-3-8-19-35)37-27-28-41-40-24-11-12-25-42(40)54(43(41)31-37)44-26-13-14-29-49-44/h2-32H,33H2,1H3. The summed E-state index contributed by atoms with van der Waals surface area (Å²) in [5.41, 5.74) is 11.3. The second-order valence-corrected chi connectivity index (χ2v) is 13.6. The van der Waals surface area contributed by atoms with Gasteiger partial charge in [0.1, 0.15) is 12.5 Å². The second-order valence-electron chi connectivity index (χ2n) is 13.6. The van der Waals surface area contributed by atoms with E-state index in [1.165, 1.54) is 16.3 Å². The molecular weight excluding hydrogens is 661 g/mol. The molecule has 9 aromatic rings. The number of aryl methyl sites for hydroxylation is 1. The first kappa shape index (κ1) is 31.5. The molecule has 4 heterocycles. The van der Waals surface area contributed by atoms with Crippen molar-refractivity contribution >= 4 is 56.0 Å². The van der Waals surface area contributed by atoms with E-state index in [1.54, 1.807) is 0 Å². The van der Waals surface area contributed by atoms with Crippen molar-refractivity contribution in [1.82, 2.24) is 19.1 Å². The van der Waals surface area contributed by atoms with E-state index in [0.29, 0.717) is 6.67 Å². The Morgan fingerprint density at radius 2 is 1.09 bits per heavy atom. The van der Waals surface area contributed by atoms with Crippen LogP contribution in [0.3, 0.4) is 0 Å². The Labute approximate surface area is 314 Å². The van der Waals surface area contributed by atoms with E-state index in [9.17, 15) is 0 Å². The molecule has 1 aliphatic rings. The van der Waals surface area contributed by atoms with Crippen molar-refractivity contribution < 1.29 is 0 Å². The molecule has 0 N–H and O–H groups in total. The summed E-state index contributed by atoms with van der Waals surface area (Å²) in [7, 11) is 2.06. The monoisotopic (exact) mass is 696 g/mol. The molecule has 258 valence electrons. The van der Waals surface area contributed by atoms with Gasteiger partial charge in [-0.3, -0.25) is 4.57 Å². The molecule has 10 rings (SSSR count). The molecule has 0 radical (unpaired) electrons. The summed E-state index contributed by atoms with van der Waals surface area (Å²) in [6, 6.07) is 62.6. The number of aromatic nitrogens is 4. The van der Waals surface area contributed by atoms with Gasteiger partial charge in [-0.25, -0.2) is 9.97 Å². The van der Waals surface area contributed by atoms with Crippen LogP contribution in [0, 0.1) is 0 Å². The largest absolute Gasteiger partial charge is 0.318 e. The first-order chi connectivity index (χ1) is 26.7. The zero-order chi connectivity index (χ0) is 36.0. The lowest BCUT2D eigenvalue weighted by Gasteiger charge is -2.24. The number of hydrogen-bond acceptors (Lipinski definition) is 4. The SMILES string of the molecule is Cn1cnc2c1N(c1ccccc1)CN2c1cccc(C(=C(c2ccccc2)c2ccccc2)c2ccc3c4ccccc4n(-c4ccccn4)c3c2)c1. The summed E-state index contributed by atoms with van der Waals surface area (Å²) in [5.74, 6) is 2.91. The van der Waals surface area contributed by atoms with Crippen molar-refractivity contribution in [2.45, 2.75) is 0 Å². The molecule has 0 fully saturated rings. The maximum Gasteiger partial charge on any atom is 0.178 e. The van der Waals surface area contributed by atoms with Crippen molar-refractivity contribution in [2.24, 2.45) is 7.05 Å². The summed E-state index contributed by atoms with van der Waals surface area (Å²) >= 11 is 0. The van der Waals surface area contributed by atoms with Gasteiger partial charge in [-0.1, -0.05) is 127 Å². The predicted molar refractivity (Wildman–Crippen MR) is 222 cm³/mol. The fourth-order valence-corrected chi connectivity index (χ4v) is 8.01. The van der Waals surface area contributed by atoms with Gasteiger partial charge in [-0.2, -0.15) is 0 Å². The van der Waals surface area contributed by atoms with Crippen molar-refractivity contribution in [3.05, 3.63) is 211 Å². The van der Waals surface area contributed by atoms with E-state index in [0.717, 1.165) is 67.7 Å². The normalized spacial score (nSPS) is 12.4. The lowest BCUT2D eigenvalue weighted by Crippen LogP contribution is -2.25. The number of benzene rings is 6. The first-order valence-electron chi connectivity index (χ1n) is 18.2. The molecule has 3 aromatic heterocycles. The van der Waals surface area contributed by atoms with Crippen molar-refractivity contribution in [1.29, 1.82) is 0 Å². The average Bonchev–Trinajstić information content (AvgIpc) is 3.92. The van der Waals surface area contributed by atoms with E-state index < -0.39 is 0 Å². The third-order valence-corrected chi connectivity index (χ3v) is 10.4. The molecule has 0 spiro atoms. The molecule has 0 bridgehead atoms. The van der Waals surface area contributed by atoms with Crippen LogP contribution >= 0.6 is 0 Å².